The second kappa shape index (κ2) is 7.66. The molecule has 1 unspecified atom stereocenters. The number of ether oxygens (including phenoxy) is 2. The molecule has 1 aromatic rings. The van der Waals surface area contributed by atoms with Gasteiger partial charge in [0, 0.05) is 0 Å². The molecule has 1 aromatic carbocycles. The van der Waals surface area contributed by atoms with Crippen LogP contribution in [0.1, 0.15) is 32.4 Å². The molecule has 0 fully saturated rings. The Balaban J connectivity index is 3.09. The Bertz CT molecular complexity index is 560. The van der Waals surface area contributed by atoms with Crippen molar-refractivity contribution in [3.8, 4) is 5.75 Å². The summed E-state index contributed by atoms with van der Waals surface area (Å²) >= 11 is 3.90. The highest BCUT2D eigenvalue weighted by atomic mass is 127. The molecule has 0 saturated carbocycles. The summed E-state index contributed by atoms with van der Waals surface area (Å²) in [5.41, 5.74) is -0.174. The van der Waals surface area contributed by atoms with Gasteiger partial charge in [-0.1, -0.05) is 0 Å². The average Bonchev–Trinajstić information content (AvgIpc) is 2.38. The Morgan fingerprint density at radius 2 is 1.73 bits per heavy atom. The van der Waals surface area contributed by atoms with E-state index >= 15 is 0 Å². The van der Waals surface area contributed by atoms with E-state index in [1.54, 1.807) is 32.9 Å². The van der Waals surface area contributed by atoms with Gasteiger partial charge in [0.05, 0.1) is 14.3 Å². The summed E-state index contributed by atoms with van der Waals surface area (Å²) < 4.78 is 11.0. The van der Waals surface area contributed by atoms with E-state index < -0.39 is 23.7 Å². The Morgan fingerprint density at radius 3 is 2.14 bits per heavy atom. The predicted octanol–water partition coefficient (Wildman–Crippen LogP) is 3.34. The number of halogens is 2. The number of esters is 1. The number of hydrogen-bond acceptors (Lipinski definition) is 5. The number of amides is 1. The lowest BCUT2D eigenvalue weighted by Gasteiger charge is -2.23. The zero-order chi connectivity index (χ0) is 17.1. The van der Waals surface area contributed by atoms with Crippen LogP contribution in [-0.2, 0) is 14.3 Å². The molecule has 0 aliphatic carbocycles. The van der Waals surface area contributed by atoms with Crippen molar-refractivity contribution in [3.63, 3.8) is 0 Å². The van der Waals surface area contributed by atoms with Crippen LogP contribution in [0.3, 0.4) is 0 Å². The smallest absolute Gasteiger partial charge is 0.408 e. The fourth-order valence-corrected chi connectivity index (χ4v) is 3.39. The summed E-state index contributed by atoms with van der Waals surface area (Å²) in [5, 5.41) is 12.3. The molecule has 1 amide bonds. The summed E-state index contributed by atoms with van der Waals surface area (Å²) in [6.45, 7) is 5.19. The Kier molecular flexibility index (Phi) is 6.71. The van der Waals surface area contributed by atoms with Gasteiger partial charge in [0.1, 0.15) is 11.4 Å². The first kappa shape index (κ1) is 19.3. The second-order valence-electron chi connectivity index (χ2n) is 5.44. The van der Waals surface area contributed by atoms with Crippen LogP contribution in [0.2, 0.25) is 0 Å². The van der Waals surface area contributed by atoms with Crippen LogP contribution in [0, 0.1) is 7.14 Å². The van der Waals surface area contributed by atoms with Crippen LogP contribution >= 0.6 is 45.2 Å². The normalized spacial score (nSPS) is 12.5. The van der Waals surface area contributed by atoms with Crippen molar-refractivity contribution < 1.29 is 24.2 Å². The Labute approximate surface area is 156 Å². The monoisotopic (exact) mass is 533 g/mol. The van der Waals surface area contributed by atoms with E-state index in [-0.39, 0.29) is 5.75 Å². The minimum absolute atomic E-state index is 0.130. The van der Waals surface area contributed by atoms with Gasteiger partial charge in [-0.2, -0.15) is 0 Å². The molecule has 1 atom stereocenters. The van der Waals surface area contributed by atoms with Gasteiger partial charge in [-0.05, 0) is 83.6 Å². The lowest BCUT2D eigenvalue weighted by Crippen LogP contribution is -2.38. The summed E-state index contributed by atoms with van der Waals surface area (Å²) in [5.74, 6) is -0.492. The van der Waals surface area contributed by atoms with Gasteiger partial charge in [0.15, 0.2) is 6.04 Å². The van der Waals surface area contributed by atoms with Gasteiger partial charge < -0.3 is 19.9 Å². The number of alkyl carbamates (subject to hydrolysis) is 1. The van der Waals surface area contributed by atoms with Crippen molar-refractivity contribution in [1.82, 2.24) is 5.32 Å². The molecule has 0 spiro atoms. The summed E-state index contributed by atoms with van der Waals surface area (Å²) in [4.78, 5) is 23.9. The third-order valence-electron chi connectivity index (χ3n) is 2.47. The molecule has 0 aliphatic rings. The maximum atomic E-state index is 12.0. The molecule has 0 aromatic heterocycles. The first-order valence-electron chi connectivity index (χ1n) is 6.30. The quantitative estimate of drug-likeness (QED) is 0.461. The van der Waals surface area contributed by atoms with Gasteiger partial charge in [-0.15, -0.1) is 0 Å². The molecule has 122 valence electrons. The lowest BCUT2D eigenvalue weighted by molar-refractivity contribution is -0.143. The fraction of sp³-hybridized carbons (Fsp3) is 0.429. The topological polar surface area (TPSA) is 84.9 Å². The van der Waals surface area contributed by atoms with Crippen molar-refractivity contribution in [2.24, 2.45) is 0 Å². The second-order valence-corrected chi connectivity index (χ2v) is 7.76. The zero-order valence-corrected chi connectivity index (χ0v) is 16.9. The van der Waals surface area contributed by atoms with E-state index in [1.165, 1.54) is 7.11 Å². The van der Waals surface area contributed by atoms with Crippen molar-refractivity contribution in [2.45, 2.75) is 32.4 Å². The van der Waals surface area contributed by atoms with E-state index in [0.29, 0.717) is 12.7 Å². The number of carbonyl (C=O) groups is 2. The molecule has 8 heteroatoms. The summed E-state index contributed by atoms with van der Waals surface area (Å²) in [6.07, 6.45) is -0.721. The number of carbonyl (C=O) groups excluding carboxylic acids is 2. The largest absolute Gasteiger partial charge is 0.506 e. The van der Waals surface area contributed by atoms with E-state index in [9.17, 15) is 14.7 Å². The third kappa shape index (κ3) is 5.45. The molecule has 6 nitrogen and oxygen atoms in total. The number of methoxy groups -OCH3 is 1. The molecule has 2 N–H and O–H groups in total. The van der Waals surface area contributed by atoms with Gasteiger partial charge in [0.2, 0.25) is 0 Å². The van der Waals surface area contributed by atoms with Gasteiger partial charge in [-0.25, -0.2) is 9.59 Å². The first-order chi connectivity index (χ1) is 10.0. The minimum Gasteiger partial charge on any atom is -0.506 e. The highest BCUT2D eigenvalue weighted by Crippen LogP contribution is 2.30. The molecule has 0 saturated heterocycles. The van der Waals surface area contributed by atoms with Crippen LogP contribution in [0.5, 0.6) is 5.75 Å². The molecule has 0 heterocycles. The van der Waals surface area contributed by atoms with E-state index in [2.05, 4.69) is 5.32 Å². The van der Waals surface area contributed by atoms with Gasteiger partial charge >= 0.3 is 12.1 Å². The average molecular weight is 533 g/mol. The first-order valence-corrected chi connectivity index (χ1v) is 8.46. The minimum atomic E-state index is -1.01. The SMILES string of the molecule is COC(=O)C(NC(=O)OC(C)(C)C)c1cc(I)c(O)c(I)c1. The molecule has 0 bridgehead atoms. The Morgan fingerprint density at radius 1 is 1.23 bits per heavy atom. The number of nitrogens with one attached hydrogen (secondary N) is 1. The number of phenolic OH excluding ortho intramolecular Hbond substituents is 1. The van der Waals surface area contributed by atoms with E-state index in [1.807, 2.05) is 45.2 Å². The Hall–Kier alpha value is -0.780. The number of aromatic hydroxyl groups is 1. The molecule has 0 aliphatic heterocycles. The molecule has 22 heavy (non-hydrogen) atoms. The van der Waals surface area contributed by atoms with Crippen LogP contribution in [0.25, 0.3) is 0 Å². The highest BCUT2D eigenvalue weighted by molar-refractivity contribution is 14.1. The standard InChI is InChI=1S/C14H17I2NO5/c1-14(2,3)22-13(20)17-10(12(19)21-4)7-5-8(15)11(18)9(16)6-7/h5-6,10,18H,1-4H3,(H,17,20). The lowest BCUT2D eigenvalue weighted by atomic mass is 10.1. The zero-order valence-electron chi connectivity index (χ0n) is 12.6. The molecule has 0 radical (unpaired) electrons. The maximum Gasteiger partial charge on any atom is 0.408 e. The maximum absolute atomic E-state index is 12.0. The van der Waals surface area contributed by atoms with Crippen molar-refractivity contribution >= 4 is 57.2 Å². The predicted molar refractivity (Wildman–Crippen MR) is 97.7 cm³/mol. The number of hydrogen-bond donors (Lipinski definition) is 2. The summed E-state index contributed by atoms with van der Waals surface area (Å²) in [6, 6.07) is 2.20. The molecule has 1 rings (SSSR count). The van der Waals surface area contributed by atoms with Crippen molar-refractivity contribution in [2.75, 3.05) is 7.11 Å². The van der Waals surface area contributed by atoms with Crippen molar-refractivity contribution in [1.29, 1.82) is 0 Å². The molecular formula is C14H17I2NO5. The van der Waals surface area contributed by atoms with Crippen LogP contribution in [0.15, 0.2) is 12.1 Å². The van der Waals surface area contributed by atoms with Crippen molar-refractivity contribution in [3.05, 3.63) is 24.8 Å². The van der Waals surface area contributed by atoms with Crippen LogP contribution in [0.4, 0.5) is 4.79 Å². The number of phenols is 1. The molecular weight excluding hydrogens is 516 g/mol. The van der Waals surface area contributed by atoms with E-state index in [0.717, 1.165) is 0 Å². The van der Waals surface area contributed by atoms with Gasteiger partial charge in [0.25, 0.3) is 0 Å². The third-order valence-corrected chi connectivity index (χ3v) is 4.12. The van der Waals surface area contributed by atoms with E-state index in [4.69, 9.17) is 9.47 Å². The number of rotatable bonds is 3. The highest BCUT2D eigenvalue weighted by Gasteiger charge is 2.27. The summed E-state index contributed by atoms with van der Waals surface area (Å²) in [7, 11) is 1.24. The van der Waals surface area contributed by atoms with Crippen LogP contribution in [-0.4, -0.2) is 29.9 Å². The fourth-order valence-electron chi connectivity index (χ4n) is 1.57. The van der Waals surface area contributed by atoms with Gasteiger partial charge in [-0.3, -0.25) is 0 Å². The van der Waals surface area contributed by atoms with Crippen LogP contribution < -0.4 is 5.32 Å². The number of benzene rings is 1.